The lowest BCUT2D eigenvalue weighted by molar-refractivity contribution is -0.915. The molecule has 1 saturated carbocycles. The normalized spacial score (nSPS) is 17.1. The van der Waals surface area contributed by atoms with Gasteiger partial charge in [0.2, 0.25) is 0 Å². The van der Waals surface area contributed by atoms with Crippen molar-refractivity contribution in [2.24, 2.45) is 5.92 Å². The Kier molecular flexibility index (Phi) is 4.30. The van der Waals surface area contributed by atoms with Crippen LogP contribution >= 0.6 is 11.6 Å². The lowest BCUT2D eigenvalue weighted by atomic mass is 10.1. The first kappa shape index (κ1) is 12.7. The zero-order chi connectivity index (χ0) is 12.3. The van der Waals surface area contributed by atoms with E-state index >= 15 is 0 Å². The molecule has 0 bridgehead atoms. The van der Waals surface area contributed by atoms with Crippen molar-refractivity contribution < 1.29 is 10.0 Å². The fourth-order valence-corrected chi connectivity index (χ4v) is 2.51. The third kappa shape index (κ3) is 3.90. The van der Waals surface area contributed by atoms with E-state index in [1.54, 1.807) is 17.0 Å². The standard InChI is InChI=1S/C14H20ClNO/c1-2-7-16(9-11-3-4-11)10-12-8-13(15)5-6-14(12)17/h5-6,8,11,17H,2-4,7,9-10H2,1H3/p+1. The number of quaternary nitrogens is 1. The summed E-state index contributed by atoms with van der Waals surface area (Å²) in [6, 6.07) is 5.32. The topological polar surface area (TPSA) is 24.7 Å². The molecule has 94 valence electrons. The number of phenolic OH excluding ortho intramolecular Hbond substituents is 1. The van der Waals surface area contributed by atoms with Gasteiger partial charge in [-0.3, -0.25) is 0 Å². The molecule has 1 atom stereocenters. The Bertz CT molecular complexity index is 376. The maximum Gasteiger partial charge on any atom is 0.124 e. The highest BCUT2D eigenvalue weighted by atomic mass is 35.5. The number of rotatable bonds is 6. The third-order valence-electron chi connectivity index (χ3n) is 3.36. The van der Waals surface area contributed by atoms with E-state index in [0.717, 1.165) is 18.0 Å². The van der Waals surface area contributed by atoms with Gasteiger partial charge in [-0.25, -0.2) is 0 Å². The smallest absolute Gasteiger partial charge is 0.124 e. The molecule has 1 unspecified atom stereocenters. The Balaban J connectivity index is 2.01. The van der Waals surface area contributed by atoms with Crippen molar-refractivity contribution in [3.8, 4) is 5.75 Å². The second-order valence-corrected chi connectivity index (χ2v) is 5.53. The SMILES string of the molecule is CCC[NH+](Cc1cc(Cl)ccc1O)CC1CC1. The molecule has 0 amide bonds. The number of aromatic hydroxyl groups is 1. The predicted molar refractivity (Wildman–Crippen MR) is 70.5 cm³/mol. The number of phenols is 1. The van der Waals surface area contributed by atoms with Gasteiger partial charge in [0.1, 0.15) is 12.3 Å². The summed E-state index contributed by atoms with van der Waals surface area (Å²) in [6.45, 7) is 5.50. The van der Waals surface area contributed by atoms with Crippen LogP contribution in [0.15, 0.2) is 18.2 Å². The Labute approximate surface area is 108 Å². The van der Waals surface area contributed by atoms with Crippen LogP contribution in [0.25, 0.3) is 0 Å². The molecule has 1 aliphatic rings. The van der Waals surface area contributed by atoms with Crippen LogP contribution in [0, 0.1) is 5.92 Å². The Hall–Kier alpha value is -0.730. The van der Waals surface area contributed by atoms with E-state index in [9.17, 15) is 5.11 Å². The molecule has 3 heteroatoms. The Morgan fingerprint density at radius 1 is 1.41 bits per heavy atom. The summed E-state index contributed by atoms with van der Waals surface area (Å²) >= 11 is 5.98. The van der Waals surface area contributed by atoms with Gasteiger partial charge in [0.25, 0.3) is 0 Å². The quantitative estimate of drug-likeness (QED) is 0.800. The van der Waals surface area contributed by atoms with E-state index in [2.05, 4.69) is 6.92 Å². The predicted octanol–water partition coefficient (Wildman–Crippen LogP) is 2.25. The van der Waals surface area contributed by atoms with Gasteiger partial charge in [-0.2, -0.15) is 0 Å². The molecule has 2 rings (SSSR count). The molecule has 0 radical (unpaired) electrons. The average molecular weight is 255 g/mol. The van der Waals surface area contributed by atoms with Crippen LogP contribution in [0.3, 0.4) is 0 Å². The minimum absolute atomic E-state index is 0.374. The van der Waals surface area contributed by atoms with Gasteiger partial charge in [0.15, 0.2) is 0 Å². The molecule has 1 aromatic rings. The van der Waals surface area contributed by atoms with E-state index in [0.29, 0.717) is 10.8 Å². The van der Waals surface area contributed by atoms with Crippen molar-refractivity contribution in [2.75, 3.05) is 13.1 Å². The van der Waals surface area contributed by atoms with Gasteiger partial charge in [0, 0.05) is 16.5 Å². The van der Waals surface area contributed by atoms with Gasteiger partial charge in [-0.05, 0) is 37.5 Å². The van der Waals surface area contributed by atoms with Gasteiger partial charge >= 0.3 is 0 Å². The summed E-state index contributed by atoms with van der Waals surface area (Å²) in [5, 5.41) is 10.5. The molecule has 0 spiro atoms. The van der Waals surface area contributed by atoms with Crippen LogP contribution in [0.5, 0.6) is 5.75 Å². The fourth-order valence-electron chi connectivity index (χ4n) is 2.31. The average Bonchev–Trinajstić information content (AvgIpc) is 3.08. The van der Waals surface area contributed by atoms with Crippen molar-refractivity contribution in [1.82, 2.24) is 0 Å². The molecule has 1 aliphatic carbocycles. The number of hydrogen-bond acceptors (Lipinski definition) is 1. The van der Waals surface area contributed by atoms with E-state index in [1.165, 1.54) is 32.4 Å². The van der Waals surface area contributed by atoms with E-state index < -0.39 is 0 Å². The Morgan fingerprint density at radius 2 is 2.18 bits per heavy atom. The highest BCUT2D eigenvalue weighted by Crippen LogP contribution is 2.27. The first-order chi connectivity index (χ1) is 8.19. The lowest BCUT2D eigenvalue weighted by Gasteiger charge is -2.19. The second kappa shape index (κ2) is 5.74. The van der Waals surface area contributed by atoms with Crippen molar-refractivity contribution in [3.63, 3.8) is 0 Å². The molecule has 0 aromatic heterocycles. The molecular formula is C14H21ClNO+. The molecule has 17 heavy (non-hydrogen) atoms. The van der Waals surface area contributed by atoms with Crippen molar-refractivity contribution in [3.05, 3.63) is 28.8 Å². The van der Waals surface area contributed by atoms with Gasteiger partial charge in [-0.1, -0.05) is 18.5 Å². The van der Waals surface area contributed by atoms with Gasteiger partial charge < -0.3 is 10.0 Å². The molecule has 2 nitrogen and oxygen atoms in total. The van der Waals surface area contributed by atoms with Crippen LogP contribution in [-0.4, -0.2) is 18.2 Å². The Morgan fingerprint density at radius 3 is 2.82 bits per heavy atom. The number of benzene rings is 1. The molecule has 0 aliphatic heterocycles. The van der Waals surface area contributed by atoms with Gasteiger partial charge in [-0.15, -0.1) is 0 Å². The minimum atomic E-state index is 0.374. The van der Waals surface area contributed by atoms with Gasteiger partial charge in [0.05, 0.1) is 13.1 Å². The zero-order valence-corrected chi connectivity index (χ0v) is 11.1. The van der Waals surface area contributed by atoms with E-state index in [1.807, 2.05) is 6.07 Å². The van der Waals surface area contributed by atoms with Crippen LogP contribution in [0.4, 0.5) is 0 Å². The summed E-state index contributed by atoms with van der Waals surface area (Å²) in [5.41, 5.74) is 0.974. The zero-order valence-electron chi connectivity index (χ0n) is 10.4. The summed E-state index contributed by atoms with van der Waals surface area (Å²) < 4.78 is 0. The molecule has 1 aromatic carbocycles. The first-order valence-corrected chi connectivity index (χ1v) is 6.87. The van der Waals surface area contributed by atoms with Crippen molar-refractivity contribution in [1.29, 1.82) is 0 Å². The molecule has 0 heterocycles. The summed E-state index contributed by atoms with van der Waals surface area (Å²) in [5.74, 6) is 1.29. The van der Waals surface area contributed by atoms with E-state index in [4.69, 9.17) is 11.6 Å². The van der Waals surface area contributed by atoms with Crippen LogP contribution < -0.4 is 4.90 Å². The molecule has 1 fully saturated rings. The maximum absolute atomic E-state index is 9.83. The fraction of sp³-hybridized carbons (Fsp3) is 0.571. The highest BCUT2D eigenvalue weighted by Gasteiger charge is 2.27. The summed E-state index contributed by atoms with van der Waals surface area (Å²) in [7, 11) is 0. The summed E-state index contributed by atoms with van der Waals surface area (Å²) in [6.07, 6.45) is 3.95. The maximum atomic E-state index is 9.83. The third-order valence-corrected chi connectivity index (χ3v) is 3.59. The molecule has 2 N–H and O–H groups in total. The second-order valence-electron chi connectivity index (χ2n) is 5.10. The first-order valence-electron chi connectivity index (χ1n) is 6.50. The molecular weight excluding hydrogens is 234 g/mol. The summed E-state index contributed by atoms with van der Waals surface area (Å²) in [4.78, 5) is 1.56. The number of nitrogens with one attached hydrogen (secondary N) is 1. The number of hydrogen-bond donors (Lipinski definition) is 2. The minimum Gasteiger partial charge on any atom is -0.507 e. The monoisotopic (exact) mass is 254 g/mol. The lowest BCUT2D eigenvalue weighted by Crippen LogP contribution is -3.11. The van der Waals surface area contributed by atoms with Crippen LogP contribution in [0.2, 0.25) is 5.02 Å². The van der Waals surface area contributed by atoms with Crippen molar-refractivity contribution >= 4 is 11.6 Å². The molecule has 0 saturated heterocycles. The van der Waals surface area contributed by atoms with Crippen LogP contribution in [-0.2, 0) is 6.54 Å². The van der Waals surface area contributed by atoms with E-state index in [-0.39, 0.29) is 0 Å². The number of halogens is 1. The van der Waals surface area contributed by atoms with Crippen LogP contribution in [0.1, 0.15) is 31.7 Å². The largest absolute Gasteiger partial charge is 0.507 e. The highest BCUT2D eigenvalue weighted by molar-refractivity contribution is 6.30. The van der Waals surface area contributed by atoms with Crippen molar-refractivity contribution in [2.45, 2.75) is 32.7 Å².